The summed E-state index contributed by atoms with van der Waals surface area (Å²) in [5.74, 6) is -1.60. The van der Waals surface area contributed by atoms with Gasteiger partial charge in [0.05, 0.1) is 23.0 Å². The van der Waals surface area contributed by atoms with Gasteiger partial charge in [0.25, 0.3) is 0 Å². The number of aliphatic hydroxyl groups excluding tert-OH is 2. The molecule has 1 heterocycles. The van der Waals surface area contributed by atoms with E-state index in [4.69, 9.17) is 0 Å². The first-order chi connectivity index (χ1) is 9.73. The summed E-state index contributed by atoms with van der Waals surface area (Å²) in [5.41, 5.74) is 0.869. The summed E-state index contributed by atoms with van der Waals surface area (Å²) in [6.07, 6.45) is -6.07. The predicted molar refractivity (Wildman–Crippen MR) is 71.4 cm³/mol. The van der Waals surface area contributed by atoms with Gasteiger partial charge in [0.1, 0.15) is 0 Å². The van der Waals surface area contributed by atoms with E-state index < -0.39 is 47.7 Å². The first-order valence-corrected chi connectivity index (χ1v) is 7.88. The topological polar surface area (TPSA) is 77.8 Å². The van der Waals surface area contributed by atoms with E-state index in [0.29, 0.717) is 0 Å². The Kier molecular flexibility index (Phi) is 4.62. The van der Waals surface area contributed by atoms with E-state index in [9.17, 15) is 27.4 Å². The molecule has 0 aromatic heterocycles. The van der Waals surface area contributed by atoms with Crippen molar-refractivity contribution in [2.45, 2.75) is 30.5 Å². The third-order valence-corrected chi connectivity index (χ3v) is 5.47. The molecule has 1 saturated heterocycles. The van der Waals surface area contributed by atoms with Gasteiger partial charge < -0.3 is 10.2 Å². The van der Waals surface area contributed by atoms with E-state index in [0.717, 1.165) is 9.87 Å². The zero-order chi connectivity index (χ0) is 15.8. The number of aliphatic hydroxyl groups is 2. The van der Waals surface area contributed by atoms with Gasteiger partial charge in [-0.1, -0.05) is 17.7 Å². The van der Waals surface area contributed by atoms with Gasteiger partial charge in [-0.25, -0.2) is 17.2 Å². The lowest BCUT2D eigenvalue weighted by Gasteiger charge is -2.38. The van der Waals surface area contributed by atoms with Crippen molar-refractivity contribution in [1.29, 1.82) is 0 Å². The molecule has 2 N–H and O–H groups in total. The fourth-order valence-corrected chi connectivity index (χ4v) is 3.80. The van der Waals surface area contributed by atoms with Crippen LogP contribution in [0.1, 0.15) is 5.56 Å². The van der Waals surface area contributed by atoms with Crippen LogP contribution in [0.15, 0.2) is 29.2 Å². The Bertz CT molecular complexity index is 591. The number of sulfonamides is 1. The Labute approximate surface area is 121 Å². The highest BCUT2D eigenvalue weighted by atomic mass is 32.2. The second kappa shape index (κ2) is 5.96. The first-order valence-electron chi connectivity index (χ1n) is 6.44. The lowest BCUT2D eigenvalue weighted by Crippen LogP contribution is -2.55. The van der Waals surface area contributed by atoms with Crippen molar-refractivity contribution in [3.8, 4) is 0 Å². The monoisotopic (exact) mass is 321 g/mol. The van der Waals surface area contributed by atoms with Crippen LogP contribution in [0.5, 0.6) is 0 Å². The lowest BCUT2D eigenvalue weighted by atomic mass is 9.94. The number of piperidine rings is 1. The summed E-state index contributed by atoms with van der Waals surface area (Å²) in [5, 5.41) is 19.2. The minimum absolute atomic E-state index is 0.0234. The van der Waals surface area contributed by atoms with Gasteiger partial charge in [0.15, 0.2) is 0 Å². The summed E-state index contributed by atoms with van der Waals surface area (Å²) < 4.78 is 51.3. The summed E-state index contributed by atoms with van der Waals surface area (Å²) in [7, 11) is -3.97. The number of rotatable bonds is 3. The van der Waals surface area contributed by atoms with Gasteiger partial charge in [0.2, 0.25) is 16.4 Å². The van der Waals surface area contributed by atoms with Crippen LogP contribution in [-0.4, -0.2) is 54.7 Å². The van der Waals surface area contributed by atoms with Crippen LogP contribution >= 0.6 is 0 Å². The number of hydrogen-bond donors (Lipinski definition) is 2. The van der Waals surface area contributed by atoms with E-state index >= 15 is 0 Å². The molecule has 8 heteroatoms. The Hall–Kier alpha value is -1.09. The van der Waals surface area contributed by atoms with Gasteiger partial charge in [-0.05, 0) is 19.1 Å². The van der Waals surface area contributed by atoms with Crippen LogP contribution in [0.2, 0.25) is 0 Å². The molecule has 0 aliphatic carbocycles. The van der Waals surface area contributed by atoms with Crippen molar-refractivity contribution in [2.24, 2.45) is 5.92 Å². The zero-order valence-electron chi connectivity index (χ0n) is 11.4. The van der Waals surface area contributed by atoms with Gasteiger partial charge in [-0.3, -0.25) is 0 Å². The molecule has 3 unspecified atom stereocenters. The summed E-state index contributed by atoms with van der Waals surface area (Å²) in [6.45, 7) is 0.872. The number of alkyl halides is 2. The lowest BCUT2D eigenvalue weighted by molar-refractivity contribution is -0.101. The molecule has 2 rings (SSSR count). The molecular formula is C13H17F2NO4S. The minimum Gasteiger partial charge on any atom is -0.390 e. The number of β-amino-alcohol motifs (C(OH)–C–C–N with tert-alkyl or cyclic N) is 1. The van der Waals surface area contributed by atoms with Gasteiger partial charge in [-0.2, -0.15) is 4.31 Å². The maximum absolute atomic E-state index is 12.9. The highest BCUT2D eigenvalue weighted by Gasteiger charge is 2.43. The summed E-state index contributed by atoms with van der Waals surface area (Å²) >= 11 is 0. The summed E-state index contributed by atoms with van der Waals surface area (Å²) in [6, 6.07) is 5.98. The van der Waals surface area contributed by atoms with Crippen molar-refractivity contribution in [3.05, 3.63) is 29.8 Å². The molecule has 1 aliphatic rings. The number of hydrogen-bond acceptors (Lipinski definition) is 4. The average molecular weight is 321 g/mol. The van der Waals surface area contributed by atoms with Gasteiger partial charge >= 0.3 is 0 Å². The molecule has 1 fully saturated rings. The van der Waals surface area contributed by atoms with Crippen LogP contribution in [0.4, 0.5) is 8.78 Å². The fraction of sp³-hybridized carbons (Fsp3) is 0.538. The Morgan fingerprint density at radius 1 is 1.19 bits per heavy atom. The average Bonchev–Trinajstić information content (AvgIpc) is 2.41. The first kappa shape index (κ1) is 16.3. The van der Waals surface area contributed by atoms with E-state index in [2.05, 4.69) is 0 Å². The van der Waals surface area contributed by atoms with Gasteiger partial charge in [0, 0.05) is 13.1 Å². The second-order valence-electron chi connectivity index (χ2n) is 5.19. The van der Waals surface area contributed by atoms with Crippen molar-refractivity contribution < 1.29 is 27.4 Å². The van der Waals surface area contributed by atoms with E-state index in [1.807, 2.05) is 0 Å². The maximum Gasteiger partial charge on any atom is 0.245 e. The van der Waals surface area contributed by atoms with Crippen LogP contribution < -0.4 is 0 Å². The second-order valence-corrected chi connectivity index (χ2v) is 7.13. The number of nitrogens with zero attached hydrogens (tertiary/aromatic N) is 1. The molecule has 118 valence electrons. The fourth-order valence-electron chi connectivity index (χ4n) is 2.30. The number of benzene rings is 1. The van der Waals surface area contributed by atoms with Gasteiger partial charge in [-0.15, -0.1) is 0 Å². The largest absolute Gasteiger partial charge is 0.390 e. The van der Waals surface area contributed by atoms with Crippen molar-refractivity contribution in [1.82, 2.24) is 4.31 Å². The Morgan fingerprint density at radius 3 is 2.29 bits per heavy atom. The third kappa shape index (κ3) is 3.23. The molecule has 0 bridgehead atoms. The van der Waals surface area contributed by atoms with Crippen LogP contribution in [0, 0.1) is 12.8 Å². The third-order valence-electron chi connectivity index (χ3n) is 3.62. The molecular weight excluding hydrogens is 304 g/mol. The molecule has 21 heavy (non-hydrogen) atoms. The Morgan fingerprint density at radius 2 is 1.76 bits per heavy atom. The molecule has 0 radical (unpaired) electrons. The summed E-state index contributed by atoms with van der Waals surface area (Å²) in [4.78, 5) is -0.0234. The maximum atomic E-state index is 12.9. The van der Waals surface area contributed by atoms with Crippen LogP contribution in [0.3, 0.4) is 0 Å². The molecule has 5 nitrogen and oxygen atoms in total. The Balaban J connectivity index is 2.30. The number of aryl methyl sites for hydroxylation is 1. The predicted octanol–water partition coefficient (Wildman–Crippen LogP) is 0.602. The quantitative estimate of drug-likeness (QED) is 0.855. The van der Waals surface area contributed by atoms with Crippen molar-refractivity contribution in [3.63, 3.8) is 0 Å². The van der Waals surface area contributed by atoms with Crippen LogP contribution in [-0.2, 0) is 10.0 Å². The minimum atomic E-state index is -3.97. The van der Waals surface area contributed by atoms with E-state index in [1.165, 1.54) is 12.1 Å². The highest BCUT2D eigenvalue weighted by Crippen LogP contribution is 2.28. The molecule has 1 aromatic rings. The zero-order valence-corrected chi connectivity index (χ0v) is 12.2. The smallest absolute Gasteiger partial charge is 0.245 e. The van der Waals surface area contributed by atoms with Crippen molar-refractivity contribution >= 4 is 10.0 Å². The molecule has 0 saturated carbocycles. The molecule has 0 amide bonds. The van der Waals surface area contributed by atoms with E-state index in [-0.39, 0.29) is 4.90 Å². The normalized spacial score (nSPS) is 28.0. The van der Waals surface area contributed by atoms with Crippen molar-refractivity contribution in [2.75, 3.05) is 13.1 Å². The highest BCUT2D eigenvalue weighted by molar-refractivity contribution is 7.89. The number of halogens is 2. The molecule has 1 aliphatic heterocycles. The molecule has 3 atom stereocenters. The standard InChI is InChI=1S/C13H17F2NO4S/c1-8-2-4-9(5-3-8)21(19,20)16-6-10(13(14)15)12(18)11(17)7-16/h2-5,10-13,17-18H,6-7H2,1H3. The SMILES string of the molecule is Cc1ccc(S(=O)(=O)N2CC(O)C(O)C(C(F)F)C2)cc1. The molecule has 0 spiro atoms. The van der Waals surface area contributed by atoms with E-state index in [1.54, 1.807) is 19.1 Å². The molecule has 1 aromatic carbocycles. The van der Waals surface area contributed by atoms with Crippen LogP contribution in [0.25, 0.3) is 0 Å².